The zero-order valence-corrected chi connectivity index (χ0v) is 25.3. The van der Waals surface area contributed by atoms with Gasteiger partial charge in [0, 0.05) is 27.5 Å². The molecule has 0 saturated heterocycles. The van der Waals surface area contributed by atoms with Crippen LogP contribution in [-0.4, -0.2) is 15.0 Å². The van der Waals surface area contributed by atoms with Gasteiger partial charge in [-0.3, -0.25) is 0 Å². The molecule has 2 heterocycles. The van der Waals surface area contributed by atoms with E-state index >= 15 is 0 Å². The summed E-state index contributed by atoms with van der Waals surface area (Å²) in [4.78, 5) is 14.9. The zero-order chi connectivity index (χ0) is 31.2. The first-order chi connectivity index (χ1) is 23.3. The molecule has 0 amide bonds. The van der Waals surface area contributed by atoms with E-state index < -0.39 is 0 Å². The van der Waals surface area contributed by atoms with Crippen LogP contribution in [0.3, 0.4) is 0 Å². The van der Waals surface area contributed by atoms with Crippen molar-refractivity contribution in [1.29, 1.82) is 0 Å². The molecule has 0 spiro atoms. The Morgan fingerprint density at radius 1 is 0.340 bits per heavy atom. The van der Waals surface area contributed by atoms with Gasteiger partial charge >= 0.3 is 0 Å². The van der Waals surface area contributed by atoms with E-state index in [0.717, 1.165) is 55.1 Å². The van der Waals surface area contributed by atoms with Crippen LogP contribution in [0.25, 0.3) is 89.1 Å². The molecule has 0 fully saturated rings. The molecule has 0 aliphatic rings. The number of rotatable bonds is 5. The minimum absolute atomic E-state index is 0.597. The Kier molecular flexibility index (Phi) is 6.43. The van der Waals surface area contributed by atoms with Crippen LogP contribution in [0, 0.1) is 0 Å². The minimum Gasteiger partial charge on any atom is -0.456 e. The highest BCUT2D eigenvalue weighted by atomic mass is 16.3. The highest BCUT2D eigenvalue weighted by Gasteiger charge is 2.17. The van der Waals surface area contributed by atoms with E-state index in [9.17, 15) is 0 Å². The number of benzene rings is 7. The van der Waals surface area contributed by atoms with Crippen LogP contribution in [0.4, 0.5) is 0 Å². The third kappa shape index (κ3) is 4.93. The SMILES string of the molecule is c1ccc(-c2cccc(-c3cccc4oc5cc(-c6nc(-c7ccccc7)nc(-c7ccc8ccccc8c7)n6)ccc5c34)c2)cc1. The number of hydrogen-bond donors (Lipinski definition) is 0. The maximum Gasteiger partial charge on any atom is 0.164 e. The highest BCUT2D eigenvalue weighted by Crippen LogP contribution is 2.39. The Morgan fingerprint density at radius 3 is 1.72 bits per heavy atom. The molecule has 0 bridgehead atoms. The summed E-state index contributed by atoms with van der Waals surface area (Å²) in [5.41, 5.74) is 9.04. The highest BCUT2D eigenvalue weighted by molar-refractivity contribution is 6.13. The van der Waals surface area contributed by atoms with E-state index in [-0.39, 0.29) is 0 Å². The van der Waals surface area contributed by atoms with Crippen LogP contribution in [0.2, 0.25) is 0 Å². The maximum absolute atomic E-state index is 6.50. The minimum atomic E-state index is 0.597. The van der Waals surface area contributed by atoms with E-state index in [1.54, 1.807) is 0 Å². The van der Waals surface area contributed by atoms with Crippen LogP contribution >= 0.6 is 0 Å². The summed E-state index contributed by atoms with van der Waals surface area (Å²) in [6, 6.07) is 56.4. The third-order valence-corrected chi connectivity index (χ3v) is 8.71. The summed E-state index contributed by atoms with van der Waals surface area (Å²) in [5.74, 6) is 1.86. The first kappa shape index (κ1) is 27.0. The van der Waals surface area contributed by atoms with Crippen molar-refractivity contribution in [2.45, 2.75) is 0 Å². The van der Waals surface area contributed by atoms with Gasteiger partial charge in [-0.05, 0) is 63.4 Å². The zero-order valence-electron chi connectivity index (χ0n) is 25.3. The largest absolute Gasteiger partial charge is 0.456 e. The van der Waals surface area contributed by atoms with Crippen molar-refractivity contribution in [1.82, 2.24) is 15.0 Å². The van der Waals surface area contributed by atoms with Crippen LogP contribution in [0.5, 0.6) is 0 Å². The van der Waals surface area contributed by atoms with E-state index in [1.165, 1.54) is 16.5 Å². The molecule has 0 atom stereocenters. The Hall–Kier alpha value is -6.39. The van der Waals surface area contributed by atoms with Gasteiger partial charge in [0.25, 0.3) is 0 Å². The van der Waals surface area contributed by atoms with Crippen molar-refractivity contribution in [3.63, 3.8) is 0 Å². The van der Waals surface area contributed by atoms with Crippen LogP contribution < -0.4 is 0 Å². The van der Waals surface area contributed by atoms with Gasteiger partial charge in [-0.25, -0.2) is 15.0 Å². The van der Waals surface area contributed by atoms with Gasteiger partial charge in [-0.15, -0.1) is 0 Å². The second-order valence-corrected chi connectivity index (χ2v) is 11.7. The fourth-order valence-corrected chi connectivity index (χ4v) is 6.38. The van der Waals surface area contributed by atoms with Crippen LogP contribution in [-0.2, 0) is 0 Å². The second-order valence-electron chi connectivity index (χ2n) is 11.7. The first-order valence-corrected chi connectivity index (χ1v) is 15.7. The molecule has 47 heavy (non-hydrogen) atoms. The molecule has 9 rings (SSSR count). The van der Waals surface area contributed by atoms with Gasteiger partial charge < -0.3 is 4.42 Å². The monoisotopic (exact) mass is 601 g/mol. The third-order valence-electron chi connectivity index (χ3n) is 8.71. The number of nitrogens with zero attached hydrogens (tertiary/aromatic N) is 3. The summed E-state index contributed by atoms with van der Waals surface area (Å²) >= 11 is 0. The Bertz CT molecular complexity index is 2570. The molecular formula is C43H27N3O. The van der Waals surface area contributed by atoms with E-state index in [1.807, 2.05) is 54.6 Å². The lowest BCUT2D eigenvalue weighted by Crippen LogP contribution is -2.00. The van der Waals surface area contributed by atoms with Gasteiger partial charge in [0.05, 0.1) is 0 Å². The fourth-order valence-electron chi connectivity index (χ4n) is 6.38. The molecule has 0 aliphatic heterocycles. The van der Waals surface area contributed by atoms with E-state index in [4.69, 9.17) is 19.4 Å². The molecule has 220 valence electrons. The Balaban J connectivity index is 1.18. The Labute approximate surface area is 271 Å². The van der Waals surface area contributed by atoms with Gasteiger partial charge in [0.2, 0.25) is 0 Å². The molecule has 0 N–H and O–H groups in total. The standard InChI is InChI=1S/C43H27N3O/c1-3-11-28(12-4-1)32-17-9-18-33(25-32)36-19-10-20-38-40(36)37-24-23-35(27-39(37)47-38)43-45-41(30-14-5-2-6-15-30)44-42(46-43)34-22-21-29-13-7-8-16-31(29)26-34/h1-27H. The predicted octanol–water partition coefficient (Wildman–Crippen LogP) is 11.3. The number of aromatic nitrogens is 3. The van der Waals surface area contributed by atoms with Crippen molar-refractivity contribution < 1.29 is 4.42 Å². The fraction of sp³-hybridized carbons (Fsp3) is 0. The topological polar surface area (TPSA) is 51.8 Å². The summed E-state index contributed by atoms with van der Waals surface area (Å²) in [5, 5.41) is 4.46. The lowest BCUT2D eigenvalue weighted by molar-refractivity contribution is 0.669. The molecule has 0 saturated carbocycles. The van der Waals surface area contributed by atoms with Crippen molar-refractivity contribution in [3.8, 4) is 56.4 Å². The number of fused-ring (bicyclic) bond motifs is 4. The smallest absolute Gasteiger partial charge is 0.164 e. The first-order valence-electron chi connectivity index (χ1n) is 15.7. The molecule has 0 unspecified atom stereocenters. The van der Waals surface area contributed by atoms with Gasteiger partial charge in [-0.2, -0.15) is 0 Å². The van der Waals surface area contributed by atoms with E-state index in [0.29, 0.717) is 17.5 Å². The van der Waals surface area contributed by atoms with Crippen LogP contribution in [0.15, 0.2) is 168 Å². The predicted molar refractivity (Wildman–Crippen MR) is 192 cm³/mol. The number of furan rings is 1. The summed E-state index contributed by atoms with van der Waals surface area (Å²) in [6.45, 7) is 0. The molecule has 2 aromatic heterocycles. The summed E-state index contributed by atoms with van der Waals surface area (Å²) < 4.78 is 6.50. The van der Waals surface area contributed by atoms with Crippen molar-refractivity contribution in [3.05, 3.63) is 164 Å². The van der Waals surface area contributed by atoms with Gasteiger partial charge in [0.1, 0.15) is 11.2 Å². The quantitative estimate of drug-likeness (QED) is 0.197. The molecule has 0 radical (unpaired) electrons. The van der Waals surface area contributed by atoms with Gasteiger partial charge in [0.15, 0.2) is 17.5 Å². The normalized spacial score (nSPS) is 11.4. The Morgan fingerprint density at radius 2 is 0.936 bits per heavy atom. The van der Waals surface area contributed by atoms with Gasteiger partial charge in [-0.1, -0.05) is 133 Å². The molecular weight excluding hydrogens is 574 g/mol. The van der Waals surface area contributed by atoms with Crippen molar-refractivity contribution in [2.24, 2.45) is 0 Å². The second kappa shape index (κ2) is 11.2. The maximum atomic E-state index is 6.50. The molecule has 4 nitrogen and oxygen atoms in total. The average molecular weight is 602 g/mol. The van der Waals surface area contributed by atoms with E-state index in [2.05, 4.69) is 109 Å². The number of hydrogen-bond acceptors (Lipinski definition) is 4. The molecule has 4 heteroatoms. The molecule has 9 aromatic rings. The van der Waals surface area contributed by atoms with Crippen molar-refractivity contribution >= 4 is 32.7 Å². The molecule has 7 aromatic carbocycles. The summed E-state index contributed by atoms with van der Waals surface area (Å²) in [6.07, 6.45) is 0. The van der Waals surface area contributed by atoms with Crippen molar-refractivity contribution in [2.75, 3.05) is 0 Å². The molecule has 0 aliphatic carbocycles. The lowest BCUT2D eigenvalue weighted by Gasteiger charge is -2.09. The summed E-state index contributed by atoms with van der Waals surface area (Å²) in [7, 11) is 0. The lowest BCUT2D eigenvalue weighted by atomic mass is 9.96. The average Bonchev–Trinajstić information content (AvgIpc) is 3.53. The van der Waals surface area contributed by atoms with Crippen LogP contribution in [0.1, 0.15) is 0 Å².